The Balaban J connectivity index is 3.42. The molecule has 0 saturated carbocycles. The first-order valence-electron chi connectivity index (χ1n) is 36.4. The van der Waals surface area contributed by atoms with Crippen molar-refractivity contribution in [1.29, 1.82) is 0 Å². The van der Waals surface area contributed by atoms with Gasteiger partial charge in [-0.25, -0.2) is 0 Å². The molecule has 476 valence electrons. The Hall–Kier alpha value is -2.18. The molecule has 81 heavy (non-hydrogen) atoms. The van der Waals surface area contributed by atoms with E-state index in [2.05, 4.69) is 55.6 Å². The summed E-state index contributed by atoms with van der Waals surface area (Å²) in [7, 11) is 0. The molecule has 0 heterocycles. The van der Waals surface area contributed by atoms with Crippen LogP contribution >= 0.6 is 0 Å². The lowest BCUT2D eigenvalue weighted by atomic mass is 10.0. The molecular weight excluding hydrogens is 995 g/mol. The number of hydrogen-bond acceptors (Lipinski definition) is 5. The molecule has 0 aromatic heterocycles. The number of amides is 1. The molecule has 6 nitrogen and oxygen atoms in total. The molecule has 0 bridgehead atoms. The van der Waals surface area contributed by atoms with Crippen LogP contribution in [0.15, 0.2) is 48.6 Å². The molecule has 0 saturated heterocycles. The molecule has 3 N–H and O–H groups in total. The summed E-state index contributed by atoms with van der Waals surface area (Å²) < 4.78 is 5.48. The van der Waals surface area contributed by atoms with E-state index in [4.69, 9.17) is 4.74 Å². The van der Waals surface area contributed by atoms with E-state index in [-0.39, 0.29) is 18.5 Å². The third-order valence-electron chi connectivity index (χ3n) is 16.8. The summed E-state index contributed by atoms with van der Waals surface area (Å²) in [5.41, 5.74) is 0. The van der Waals surface area contributed by atoms with Crippen LogP contribution in [-0.2, 0) is 14.3 Å². The topological polar surface area (TPSA) is 95.9 Å². The Bertz CT molecular complexity index is 1360. The average Bonchev–Trinajstić information content (AvgIpc) is 3.47. The van der Waals surface area contributed by atoms with Gasteiger partial charge in [0.05, 0.1) is 25.4 Å². The summed E-state index contributed by atoms with van der Waals surface area (Å²) in [5.74, 6) is -0.0599. The number of carbonyl (C=O) groups excluding carboxylic acids is 2. The maximum absolute atomic E-state index is 12.5. The second-order valence-corrected chi connectivity index (χ2v) is 24.9. The van der Waals surface area contributed by atoms with E-state index in [0.29, 0.717) is 19.4 Å². The molecule has 0 aromatic carbocycles. The first kappa shape index (κ1) is 78.8. The van der Waals surface area contributed by atoms with Gasteiger partial charge in [0.15, 0.2) is 0 Å². The van der Waals surface area contributed by atoms with Gasteiger partial charge in [0.2, 0.25) is 5.91 Å². The Morgan fingerprint density at radius 3 is 0.951 bits per heavy atom. The van der Waals surface area contributed by atoms with Crippen molar-refractivity contribution in [2.24, 2.45) is 0 Å². The predicted molar refractivity (Wildman–Crippen MR) is 356 cm³/mol. The minimum Gasteiger partial charge on any atom is -0.466 e. The third-order valence-corrected chi connectivity index (χ3v) is 16.8. The maximum Gasteiger partial charge on any atom is 0.305 e. The van der Waals surface area contributed by atoms with Crippen LogP contribution in [0, 0.1) is 0 Å². The fourth-order valence-corrected chi connectivity index (χ4v) is 11.3. The van der Waals surface area contributed by atoms with E-state index in [1.165, 1.54) is 315 Å². The quantitative estimate of drug-likeness (QED) is 0.0320. The van der Waals surface area contributed by atoms with Crippen LogP contribution in [0.5, 0.6) is 0 Å². The molecule has 0 rings (SSSR count). The molecule has 0 fully saturated rings. The van der Waals surface area contributed by atoms with Crippen molar-refractivity contribution in [3.05, 3.63) is 48.6 Å². The average molecular weight is 1140 g/mol. The summed E-state index contributed by atoms with van der Waals surface area (Å²) in [5, 5.41) is 23.2. The standard InChI is InChI=1S/C75H141NO5/c1-3-5-7-9-11-13-15-17-19-20-34-37-40-43-47-51-55-59-63-67-73(78)72(71-77)76-74(79)68-64-60-56-52-48-44-41-38-35-32-30-28-26-24-22-21-23-25-27-29-31-33-36-39-42-46-50-54-58-62-66-70-81-75(80)69-65-61-57-53-49-45-18-16-14-12-10-8-6-4-2/h16,18,23,25,29,31,63,67,72-73,77-78H,3-15,17,19-22,24,26-28,30,32-62,64-66,68-71H2,1-2H3,(H,76,79)/b18-16-,25-23-,31-29-,67-63+. The van der Waals surface area contributed by atoms with Crippen LogP contribution in [0.2, 0.25) is 0 Å². The number of unbranched alkanes of at least 4 members (excludes halogenated alkanes) is 51. The van der Waals surface area contributed by atoms with Crippen molar-refractivity contribution in [3.8, 4) is 0 Å². The van der Waals surface area contributed by atoms with Gasteiger partial charge in [0.1, 0.15) is 0 Å². The summed E-state index contributed by atoms with van der Waals surface area (Å²) in [6, 6.07) is -0.629. The van der Waals surface area contributed by atoms with Gasteiger partial charge >= 0.3 is 5.97 Å². The number of allylic oxidation sites excluding steroid dienone is 7. The highest BCUT2D eigenvalue weighted by atomic mass is 16.5. The molecule has 0 aliphatic heterocycles. The van der Waals surface area contributed by atoms with E-state index in [1.54, 1.807) is 6.08 Å². The van der Waals surface area contributed by atoms with Gasteiger partial charge in [-0.3, -0.25) is 9.59 Å². The van der Waals surface area contributed by atoms with Gasteiger partial charge in [0, 0.05) is 12.8 Å². The normalized spacial score (nSPS) is 12.8. The smallest absolute Gasteiger partial charge is 0.305 e. The lowest BCUT2D eigenvalue weighted by Gasteiger charge is -2.20. The molecule has 0 aromatic rings. The molecule has 0 aliphatic carbocycles. The number of hydrogen-bond donors (Lipinski definition) is 3. The largest absolute Gasteiger partial charge is 0.466 e. The molecule has 0 aliphatic rings. The number of nitrogens with one attached hydrogen (secondary N) is 1. The van der Waals surface area contributed by atoms with Crippen LogP contribution in [0.4, 0.5) is 0 Å². The number of carbonyl (C=O) groups is 2. The van der Waals surface area contributed by atoms with E-state index < -0.39 is 12.1 Å². The maximum atomic E-state index is 12.5. The molecular formula is C75H141NO5. The second kappa shape index (κ2) is 70.3. The molecule has 0 spiro atoms. The molecule has 6 heteroatoms. The Kier molecular flexibility index (Phi) is 68.4. The zero-order valence-corrected chi connectivity index (χ0v) is 54.5. The number of aliphatic hydroxyl groups is 2. The number of ether oxygens (including phenoxy) is 1. The Morgan fingerprint density at radius 1 is 0.346 bits per heavy atom. The van der Waals surface area contributed by atoms with Crippen LogP contribution < -0.4 is 5.32 Å². The van der Waals surface area contributed by atoms with Gasteiger partial charge in [0.25, 0.3) is 0 Å². The highest BCUT2D eigenvalue weighted by Crippen LogP contribution is 2.18. The zero-order chi connectivity index (χ0) is 58.5. The van der Waals surface area contributed by atoms with Crippen molar-refractivity contribution in [2.45, 2.75) is 405 Å². The SMILES string of the molecule is CCCCCCC/C=C\CCCCCCCC(=O)OCCCCCCCCCCC/C=C\C/C=C\CCCCCCCCCCCCCCCCCC(=O)NC(CO)C(O)/C=C/CCCCCCCCCCCCCCCCCCC. The summed E-state index contributed by atoms with van der Waals surface area (Å²) >= 11 is 0. The van der Waals surface area contributed by atoms with Crippen molar-refractivity contribution in [1.82, 2.24) is 5.32 Å². The lowest BCUT2D eigenvalue weighted by molar-refractivity contribution is -0.143. The van der Waals surface area contributed by atoms with E-state index >= 15 is 0 Å². The highest BCUT2D eigenvalue weighted by Gasteiger charge is 2.18. The van der Waals surface area contributed by atoms with Crippen molar-refractivity contribution in [2.75, 3.05) is 13.2 Å². The van der Waals surface area contributed by atoms with Crippen molar-refractivity contribution < 1.29 is 24.5 Å². The van der Waals surface area contributed by atoms with Gasteiger partial charge in [-0.15, -0.1) is 0 Å². The van der Waals surface area contributed by atoms with Crippen LogP contribution in [0.25, 0.3) is 0 Å². The summed E-state index contributed by atoms with van der Waals surface area (Å²) in [4.78, 5) is 24.6. The van der Waals surface area contributed by atoms with Crippen LogP contribution in [-0.4, -0.2) is 47.4 Å². The summed E-state index contributed by atoms with van der Waals surface area (Å²) in [6.45, 7) is 4.92. The minimum atomic E-state index is -0.845. The first-order valence-corrected chi connectivity index (χ1v) is 36.4. The molecule has 1 amide bonds. The second-order valence-electron chi connectivity index (χ2n) is 24.9. The number of esters is 1. The predicted octanol–water partition coefficient (Wildman–Crippen LogP) is 23.6. The van der Waals surface area contributed by atoms with Gasteiger partial charge in [-0.05, 0) is 89.9 Å². The van der Waals surface area contributed by atoms with Crippen molar-refractivity contribution in [3.63, 3.8) is 0 Å². The van der Waals surface area contributed by atoms with Crippen LogP contribution in [0.1, 0.15) is 393 Å². The minimum absolute atomic E-state index is 0.00450. The fraction of sp³-hybridized carbons (Fsp3) is 0.867. The first-order chi connectivity index (χ1) is 40.0. The summed E-state index contributed by atoms with van der Waals surface area (Å²) in [6.07, 6.45) is 92.0. The van der Waals surface area contributed by atoms with E-state index in [9.17, 15) is 19.8 Å². The molecule has 2 atom stereocenters. The Morgan fingerprint density at radius 2 is 0.617 bits per heavy atom. The highest BCUT2D eigenvalue weighted by molar-refractivity contribution is 5.76. The molecule has 0 radical (unpaired) electrons. The number of aliphatic hydroxyl groups excluding tert-OH is 2. The van der Waals surface area contributed by atoms with Gasteiger partial charge in [-0.2, -0.15) is 0 Å². The fourth-order valence-electron chi connectivity index (χ4n) is 11.3. The zero-order valence-electron chi connectivity index (χ0n) is 54.5. The van der Waals surface area contributed by atoms with E-state index in [0.717, 1.165) is 51.4 Å². The monoisotopic (exact) mass is 1140 g/mol. The molecule has 2 unspecified atom stereocenters. The lowest BCUT2D eigenvalue weighted by Crippen LogP contribution is -2.45. The van der Waals surface area contributed by atoms with Gasteiger partial charge in [-0.1, -0.05) is 339 Å². The number of rotatable bonds is 68. The van der Waals surface area contributed by atoms with Gasteiger partial charge < -0.3 is 20.3 Å². The van der Waals surface area contributed by atoms with E-state index in [1.807, 2.05) is 6.08 Å². The third kappa shape index (κ3) is 66.8. The van der Waals surface area contributed by atoms with Crippen molar-refractivity contribution >= 4 is 11.9 Å². The van der Waals surface area contributed by atoms with Crippen LogP contribution in [0.3, 0.4) is 0 Å². The Labute approximate surface area is 506 Å².